The van der Waals surface area contributed by atoms with Gasteiger partial charge in [0.2, 0.25) is 0 Å². The second-order valence-corrected chi connectivity index (χ2v) is 7.60. The van der Waals surface area contributed by atoms with Gasteiger partial charge in [0, 0.05) is 5.69 Å². The quantitative estimate of drug-likeness (QED) is 0.522. The van der Waals surface area contributed by atoms with Crippen LogP contribution in [-0.2, 0) is 4.79 Å². The Hall–Kier alpha value is -3.65. The second-order valence-electron chi connectivity index (χ2n) is 6.57. The molecule has 0 saturated heterocycles. The molecule has 0 unspecified atom stereocenters. The lowest BCUT2D eigenvalue weighted by molar-refractivity contribution is -0.122. The van der Waals surface area contributed by atoms with E-state index in [1.54, 1.807) is 37.3 Å². The molecule has 2 aromatic heterocycles. The number of carbonyl (C=O) groups excluding carboxylic acids is 2. The minimum Gasteiger partial charge on any atom is -0.479 e. The van der Waals surface area contributed by atoms with Gasteiger partial charge in [-0.05, 0) is 49.4 Å². The standard InChI is InChI=1S/C21H15N3O4S/c1-11-19(25)23-14-10-12(6-7-15(14)27-11)22-20(26)16-8-9-17(28-16)21-24-13-4-2-3-5-18(13)29-21/h2-11H,1H3,(H,22,26)(H,23,25)/t11-/m0/s1. The van der Waals surface area contributed by atoms with Gasteiger partial charge in [-0.25, -0.2) is 4.98 Å². The van der Waals surface area contributed by atoms with Crippen LogP contribution in [0.2, 0.25) is 0 Å². The molecule has 2 amide bonds. The van der Waals surface area contributed by atoms with Gasteiger partial charge in [-0.3, -0.25) is 9.59 Å². The number of para-hydroxylation sites is 1. The Kier molecular flexibility index (Phi) is 4.06. The first-order valence-corrected chi connectivity index (χ1v) is 9.77. The molecule has 144 valence electrons. The molecule has 1 aliphatic heterocycles. The lowest BCUT2D eigenvalue weighted by Gasteiger charge is -2.23. The van der Waals surface area contributed by atoms with E-state index >= 15 is 0 Å². The highest BCUT2D eigenvalue weighted by Crippen LogP contribution is 2.33. The number of amides is 2. The Morgan fingerprint density at radius 2 is 2.03 bits per heavy atom. The number of rotatable bonds is 3. The monoisotopic (exact) mass is 405 g/mol. The van der Waals surface area contributed by atoms with Crippen LogP contribution in [0, 0.1) is 0 Å². The zero-order valence-electron chi connectivity index (χ0n) is 15.3. The smallest absolute Gasteiger partial charge is 0.291 e. The number of ether oxygens (including phenoxy) is 1. The van der Waals surface area contributed by atoms with Gasteiger partial charge in [0.05, 0.1) is 15.9 Å². The fourth-order valence-electron chi connectivity index (χ4n) is 3.03. The highest BCUT2D eigenvalue weighted by molar-refractivity contribution is 7.21. The van der Waals surface area contributed by atoms with E-state index < -0.39 is 12.0 Å². The third-order valence-corrected chi connectivity index (χ3v) is 5.55. The summed E-state index contributed by atoms with van der Waals surface area (Å²) in [5, 5.41) is 6.24. The van der Waals surface area contributed by atoms with Crippen molar-refractivity contribution in [1.82, 2.24) is 4.98 Å². The molecule has 7 nitrogen and oxygen atoms in total. The predicted molar refractivity (Wildman–Crippen MR) is 110 cm³/mol. The van der Waals surface area contributed by atoms with Crippen molar-refractivity contribution in [2.24, 2.45) is 0 Å². The Bertz CT molecular complexity index is 1230. The molecule has 29 heavy (non-hydrogen) atoms. The molecule has 1 aliphatic rings. The number of fused-ring (bicyclic) bond motifs is 2. The number of furan rings is 1. The molecule has 0 aliphatic carbocycles. The summed E-state index contributed by atoms with van der Waals surface area (Å²) in [5.41, 5.74) is 1.92. The van der Waals surface area contributed by atoms with Crippen molar-refractivity contribution in [1.29, 1.82) is 0 Å². The van der Waals surface area contributed by atoms with Crippen molar-refractivity contribution in [2.75, 3.05) is 10.6 Å². The van der Waals surface area contributed by atoms with Crippen LogP contribution in [0.3, 0.4) is 0 Å². The van der Waals surface area contributed by atoms with Crippen molar-refractivity contribution in [2.45, 2.75) is 13.0 Å². The van der Waals surface area contributed by atoms with Gasteiger partial charge in [0.25, 0.3) is 11.8 Å². The number of hydrogen-bond acceptors (Lipinski definition) is 6. The number of nitrogens with zero attached hydrogens (tertiary/aromatic N) is 1. The molecule has 0 bridgehead atoms. The van der Waals surface area contributed by atoms with Gasteiger partial charge in [-0.15, -0.1) is 11.3 Å². The summed E-state index contributed by atoms with van der Waals surface area (Å²) in [6.07, 6.45) is -0.549. The summed E-state index contributed by atoms with van der Waals surface area (Å²) < 4.78 is 12.3. The number of nitrogens with one attached hydrogen (secondary N) is 2. The topological polar surface area (TPSA) is 93.5 Å². The zero-order valence-corrected chi connectivity index (χ0v) is 16.1. The minimum absolute atomic E-state index is 0.172. The molecular formula is C21H15N3O4S. The summed E-state index contributed by atoms with van der Waals surface area (Å²) >= 11 is 1.50. The highest BCUT2D eigenvalue weighted by atomic mass is 32.1. The highest BCUT2D eigenvalue weighted by Gasteiger charge is 2.24. The van der Waals surface area contributed by atoms with Crippen LogP contribution in [0.4, 0.5) is 11.4 Å². The first kappa shape index (κ1) is 17.4. The number of aromatic nitrogens is 1. The van der Waals surface area contributed by atoms with Crippen LogP contribution in [0.25, 0.3) is 21.0 Å². The van der Waals surface area contributed by atoms with Crippen LogP contribution >= 0.6 is 11.3 Å². The normalized spacial score (nSPS) is 15.5. The Labute approximate surface area is 169 Å². The second kappa shape index (κ2) is 6.75. The van der Waals surface area contributed by atoms with Crippen LogP contribution in [0.5, 0.6) is 5.75 Å². The molecule has 8 heteroatoms. The van der Waals surface area contributed by atoms with Crippen molar-refractivity contribution in [3.8, 4) is 16.5 Å². The minimum atomic E-state index is -0.549. The van der Waals surface area contributed by atoms with E-state index in [0.717, 1.165) is 10.2 Å². The molecule has 1 atom stereocenters. The predicted octanol–water partition coefficient (Wildman–Crippen LogP) is 4.53. The number of benzene rings is 2. The van der Waals surface area contributed by atoms with Crippen molar-refractivity contribution in [3.05, 3.63) is 60.4 Å². The first-order valence-electron chi connectivity index (χ1n) is 8.95. The van der Waals surface area contributed by atoms with Crippen LogP contribution in [0.1, 0.15) is 17.5 Å². The maximum Gasteiger partial charge on any atom is 0.291 e. The van der Waals surface area contributed by atoms with Gasteiger partial charge in [-0.2, -0.15) is 0 Å². The molecule has 2 N–H and O–H groups in total. The lowest BCUT2D eigenvalue weighted by atomic mass is 10.2. The first-order chi connectivity index (χ1) is 14.1. The summed E-state index contributed by atoms with van der Waals surface area (Å²) in [6, 6.07) is 16.2. The molecule has 4 aromatic rings. The van der Waals surface area contributed by atoms with E-state index in [9.17, 15) is 9.59 Å². The van der Waals surface area contributed by atoms with E-state index in [2.05, 4.69) is 15.6 Å². The van der Waals surface area contributed by atoms with E-state index in [-0.39, 0.29) is 11.7 Å². The Morgan fingerprint density at radius 1 is 1.17 bits per heavy atom. The molecule has 5 rings (SSSR count). The van der Waals surface area contributed by atoms with Crippen molar-refractivity contribution >= 4 is 44.7 Å². The number of thiazole rings is 1. The van der Waals surface area contributed by atoms with Crippen molar-refractivity contribution in [3.63, 3.8) is 0 Å². The molecule has 0 saturated carbocycles. The number of carbonyl (C=O) groups is 2. The summed E-state index contributed by atoms with van der Waals surface area (Å²) in [7, 11) is 0. The van der Waals surface area contributed by atoms with E-state index in [1.165, 1.54) is 11.3 Å². The third-order valence-electron chi connectivity index (χ3n) is 4.50. The molecule has 0 radical (unpaired) electrons. The zero-order chi connectivity index (χ0) is 20.0. The Balaban J connectivity index is 1.35. The number of hydrogen-bond donors (Lipinski definition) is 2. The fraction of sp³-hybridized carbons (Fsp3) is 0.0952. The van der Waals surface area contributed by atoms with Gasteiger partial charge >= 0.3 is 0 Å². The maximum atomic E-state index is 12.6. The van der Waals surface area contributed by atoms with E-state index in [1.807, 2.05) is 24.3 Å². The SMILES string of the molecule is C[C@@H]1Oc2ccc(NC(=O)c3ccc(-c4nc5ccccc5s4)o3)cc2NC1=O. The maximum absolute atomic E-state index is 12.6. The fourth-order valence-corrected chi connectivity index (χ4v) is 3.96. The van der Waals surface area contributed by atoms with Crippen LogP contribution in [0.15, 0.2) is 59.0 Å². The molecular weight excluding hydrogens is 390 g/mol. The van der Waals surface area contributed by atoms with Crippen LogP contribution < -0.4 is 15.4 Å². The summed E-state index contributed by atoms with van der Waals surface area (Å²) in [6.45, 7) is 1.67. The third kappa shape index (κ3) is 3.23. The number of anilines is 2. The summed E-state index contributed by atoms with van der Waals surface area (Å²) in [4.78, 5) is 28.9. The Morgan fingerprint density at radius 3 is 2.90 bits per heavy atom. The summed E-state index contributed by atoms with van der Waals surface area (Å²) in [5.74, 6) is 0.648. The van der Waals surface area contributed by atoms with Gasteiger partial charge < -0.3 is 19.8 Å². The average molecular weight is 405 g/mol. The van der Waals surface area contributed by atoms with E-state index in [4.69, 9.17) is 9.15 Å². The average Bonchev–Trinajstić information content (AvgIpc) is 3.36. The van der Waals surface area contributed by atoms with Gasteiger partial charge in [0.1, 0.15) is 5.75 Å². The van der Waals surface area contributed by atoms with Gasteiger partial charge in [-0.1, -0.05) is 12.1 Å². The van der Waals surface area contributed by atoms with Gasteiger partial charge in [0.15, 0.2) is 22.6 Å². The van der Waals surface area contributed by atoms with Crippen molar-refractivity contribution < 1.29 is 18.7 Å². The molecule has 2 aromatic carbocycles. The molecule has 0 spiro atoms. The lowest BCUT2D eigenvalue weighted by Crippen LogP contribution is -2.34. The van der Waals surface area contributed by atoms with Crippen LogP contribution in [-0.4, -0.2) is 22.9 Å². The molecule has 3 heterocycles. The largest absolute Gasteiger partial charge is 0.479 e. The molecule has 0 fully saturated rings. The van der Waals surface area contributed by atoms with E-state index in [0.29, 0.717) is 27.9 Å².